The number of fused-ring (bicyclic) bond motifs is 1. The Morgan fingerprint density at radius 1 is 1.50 bits per heavy atom. The fourth-order valence-electron chi connectivity index (χ4n) is 2.05. The highest BCUT2D eigenvalue weighted by molar-refractivity contribution is 8.18. The quantitative estimate of drug-likeness (QED) is 0.676. The number of nitrogens with zero attached hydrogens (tertiary/aromatic N) is 2. The number of terminal acetylenes is 1. The van der Waals surface area contributed by atoms with Gasteiger partial charge in [0.25, 0.3) is 11.1 Å². The zero-order valence-electron chi connectivity index (χ0n) is 10.3. The molecular formula is C14H9N3O2S. The van der Waals surface area contributed by atoms with Crippen molar-refractivity contribution < 1.29 is 9.59 Å². The summed E-state index contributed by atoms with van der Waals surface area (Å²) >= 11 is 0.884. The van der Waals surface area contributed by atoms with Gasteiger partial charge < -0.3 is 4.57 Å². The normalized spacial score (nSPS) is 16.6. The van der Waals surface area contributed by atoms with Gasteiger partial charge in [-0.25, -0.2) is 0 Å². The van der Waals surface area contributed by atoms with E-state index in [4.69, 9.17) is 6.42 Å². The van der Waals surface area contributed by atoms with Crippen molar-refractivity contribution in [2.45, 2.75) is 6.54 Å². The van der Waals surface area contributed by atoms with Crippen molar-refractivity contribution in [3.05, 3.63) is 35.0 Å². The second kappa shape index (κ2) is 4.87. The molecule has 3 rings (SSSR count). The van der Waals surface area contributed by atoms with E-state index in [2.05, 4.69) is 16.2 Å². The fourth-order valence-corrected chi connectivity index (χ4v) is 2.72. The van der Waals surface area contributed by atoms with E-state index in [1.165, 1.54) is 0 Å². The van der Waals surface area contributed by atoms with Crippen molar-refractivity contribution in [3.63, 3.8) is 0 Å². The van der Waals surface area contributed by atoms with Crippen LogP contribution in [0.5, 0.6) is 0 Å². The van der Waals surface area contributed by atoms with E-state index in [1.54, 1.807) is 12.3 Å². The summed E-state index contributed by atoms with van der Waals surface area (Å²) in [6.45, 7) is 0.420. The average Bonchev–Trinajstić information content (AvgIpc) is 2.93. The standard InChI is InChI=1S/C14H9N3O2S/c1-2-6-17-8-9(12-10(17)4-3-5-15-12)7-11-13(18)16-14(19)20-11/h1,3-5,7-8H,6H2,(H,16,18,19)/b11-7-. The van der Waals surface area contributed by atoms with E-state index in [1.807, 2.05) is 22.9 Å². The van der Waals surface area contributed by atoms with Crippen LogP contribution in [0, 0.1) is 12.3 Å². The molecule has 20 heavy (non-hydrogen) atoms. The van der Waals surface area contributed by atoms with Crippen molar-refractivity contribution in [1.82, 2.24) is 14.9 Å². The number of hydrogen-bond donors (Lipinski definition) is 1. The van der Waals surface area contributed by atoms with Crippen LogP contribution in [0.25, 0.3) is 17.1 Å². The van der Waals surface area contributed by atoms with Crippen LogP contribution in [0.4, 0.5) is 4.79 Å². The summed E-state index contributed by atoms with van der Waals surface area (Å²) in [4.78, 5) is 27.4. The van der Waals surface area contributed by atoms with Crippen LogP contribution < -0.4 is 5.32 Å². The first kappa shape index (κ1) is 12.5. The Kier molecular flexibility index (Phi) is 3.05. The van der Waals surface area contributed by atoms with Crippen LogP contribution in [-0.2, 0) is 11.3 Å². The first-order valence-electron chi connectivity index (χ1n) is 5.81. The zero-order valence-corrected chi connectivity index (χ0v) is 11.1. The lowest BCUT2D eigenvalue weighted by Crippen LogP contribution is -2.17. The van der Waals surface area contributed by atoms with Gasteiger partial charge in [0.2, 0.25) is 0 Å². The fraction of sp³-hybridized carbons (Fsp3) is 0.0714. The molecule has 2 aromatic rings. The lowest BCUT2D eigenvalue weighted by molar-refractivity contribution is -0.115. The molecule has 0 spiro atoms. The molecule has 0 unspecified atom stereocenters. The van der Waals surface area contributed by atoms with E-state index >= 15 is 0 Å². The van der Waals surface area contributed by atoms with Crippen LogP contribution in [-0.4, -0.2) is 20.7 Å². The summed E-state index contributed by atoms with van der Waals surface area (Å²) in [6, 6.07) is 3.74. The molecule has 3 heterocycles. The SMILES string of the molecule is C#CCn1cc(/C=C2\SC(=O)NC2=O)c2ncccc21. The number of pyridine rings is 1. The Morgan fingerprint density at radius 2 is 2.35 bits per heavy atom. The van der Waals surface area contributed by atoms with Gasteiger partial charge in [0.05, 0.1) is 22.5 Å². The van der Waals surface area contributed by atoms with Gasteiger partial charge in [-0.05, 0) is 30.0 Å². The monoisotopic (exact) mass is 283 g/mol. The van der Waals surface area contributed by atoms with E-state index in [9.17, 15) is 9.59 Å². The van der Waals surface area contributed by atoms with Gasteiger partial charge in [0.15, 0.2) is 0 Å². The van der Waals surface area contributed by atoms with Crippen molar-refractivity contribution in [2.75, 3.05) is 0 Å². The van der Waals surface area contributed by atoms with E-state index in [0.29, 0.717) is 11.4 Å². The summed E-state index contributed by atoms with van der Waals surface area (Å²) in [5.41, 5.74) is 2.42. The largest absolute Gasteiger partial charge is 0.334 e. The number of carbonyl (C=O) groups is 2. The molecular weight excluding hydrogens is 274 g/mol. The summed E-state index contributed by atoms with van der Waals surface area (Å²) in [7, 11) is 0. The summed E-state index contributed by atoms with van der Waals surface area (Å²) < 4.78 is 1.88. The Hall–Kier alpha value is -2.52. The molecule has 6 heteroatoms. The van der Waals surface area contributed by atoms with Gasteiger partial charge in [0, 0.05) is 18.0 Å². The molecule has 0 radical (unpaired) electrons. The van der Waals surface area contributed by atoms with Gasteiger partial charge in [0.1, 0.15) is 0 Å². The molecule has 2 amide bonds. The highest BCUT2D eigenvalue weighted by atomic mass is 32.2. The minimum atomic E-state index is -0.381. The molecule has 0 aromatic carbocycles. The molecule has 5 nitrogen and oxygen atoms in total. The molecule has 1 aliphatic heterocycles. The highest BCUT2D eigenvalue weighted by Crippen LogP contribution is 2.28. The van der Waals surface area contributed by atoms with Crippen LogP contribution in [0.1, 0.15) is 5.56 Å². The minimum Gasteiger partial charge on any atom is -0.334 e. The zero-order chi connectivity index (χ0) is 14.1. The highest BCUT2D eigenvalue weighted by Gasteiger charge is 2.25. The number of thioether (sulfide) groups is 1. The van der Waals surface area contributed by atoms with Gasteiger partial charge in [-0.2, -0.15) is 0 Å². The molecule has 1 fully saturated rings. The van der Waals surface area contributed by atoms with E-state index in [0.717, 1.165) is 28.4 Å². The number of imide groups is 1. The van der Waals surface area contributed by atoms with E-state index in [-0.39, 0.29) is 11.1 Å². The number of hydrogen-bond acceptors (Lipinski definition) is 4. The Balaban J connectivity index is 2.13. The number of nitrogens with one attached hydrogen (secondary N) is 1. The average molecular weight is 283 g/mol. The third kappa shape index (κ3) is 2.08. The second-order valence-corrected chi connectivity index (χ2v) is 5.15. The van der Waals surface area contributed by atoms with Crippen LogP contribution in [0.15, 0.2) is 29.4 Å². The maximum Gasteiger partial charge on any atom is 0.290 e. The Morgan fingerprint density at radius 3 is 3.05 bits per heavy atom. The van der Waals surface area contributed by atoms with Crippen LogP contribution >= 0.6 is 11.8 Å². The van der Waals surface area contributed by atoms with Gasteiger partial charge in [-0.15, -0.1) is 6.42 Å². The van der Waals surface area contributed by atoms with Gasteiger partial charge in [-0.3, -0.25) is 19.9 Å². The second-order valence-electron chi connectivity index (χ2n) is 4.14. The topological polar surface area (TPSA) is 64.0 Å². The molecule has 2 aromatic heterocycles. The van der Waals surface area contributed by atoms with Gasteiger partial charge in [-0.1, -0.05) is 5.92 Å². The van der Waals surface area contributed by atoms with E-state index < -0.39 is 0 Å². The lowest BCUT2D eigenvalue weighted by Gasteiger charge is -1.96. The predicted octanol–water partition coefficient (Wildman–Crippen LogP) is 1.99. The number of rotatable bonds is 2. The summed E-state index contributed by atoms with van der Waals surface area (Å²) in [6.07, 6.45) is 10.5. The minimum absolute atomic E-state index is 0.360. The third-order valence-corrected chi connectivity index (χ3v) is 3.67. The molecule has 98 valence electrons. The third-order valence-electron chi connectivity index (χ3n) is 2.85. The Bertz CT molecular complexity index is 798. The Labute approximate surface area is 119 Å². The summed E-state index contributed by atoms with van der Waals surface area (Å²) in [5, 5.41) is 1.86. The van der Waals surface area contributed by atoms with Crippen molar-refractivity contribution in [3.8, 4) is 12.3 Å². The number of amides is 2. The molecule has 1 aliphatic rings. The summed E-state index contributed by atoms with van der Waals surface area (Å²) in [5.74, 6) is 2.19. The van der Waals surface area contributed by atoms with Crippen LogP contribution in [0.2, 0.25) is 0 Å². The van der Waals surface area contributed by atoms with Crippen molar-refractivity contribution in [1.29, 1.82) is 0 Å². The molecule has 1 saturated heterocycles. The van der Waals surface area contributed by atoms with Crippen LogP contribution in [0.3, 0.4) is 0 Å². The first-order valence-corrected chi connectivity index (χ1v) is 6.63. The molecule has 0 saturated carbocycles. The molecule has 0 atom stereocenters. The molecule has 1 N–H and O–H groups in total. The smallest absolute Gasteiger partial charge is 0.290 e. The van der Waals surface area contributed by atoms with Crippen molar-refractivity contribution >= 4 is 40.0 Å². The lowest BCUT2D eigenvalue weighted by atomic mass is 10.2. The maximum atomic E-state index is 11.6. The maximum absolute atomic E-state index is 11.6. The predicted molar refractivity (Wildman–Crippen MR) is 77.7 cm³/mol. The number of carbonyl (C=O) groups excluding carboxylic acids is 2. The molecule has 0 aliphatic carbocycles. The number of aromatic nitrogens is 2. The first-order chi connectivity index (χ1) is 9.69. The van der Waals surface area contributed by atoms with Crippen molar-refractivity contribution in [2.24, 2.45) is 0 Å². The molecule has 0 bridgehead atoms. The van der Waals surface area contributed by atoms with Gasteiger partial charge >= 0.3 is 0 Å².